The van der Waals surface area contributed by atoms with Gasteiger partial charge in [-0.15, -0.1) is 0 Å². The van der Waals surface area contributed by atoms with Crippen molar-refractivity contribution in [3.05, 3.63) is 69.5 Å². The van der Waals surface area contributed by atoms with E-state index >= 15 is 0 Å². The minimum Gasteiger partial charge on any atom is -0.496 e. The van der Waals surface area contributed by atoms with Crippen LogP contribution >= 0.6 is 0 Å². The molecule has 0 saturated carbocycles. The summed E-state index contributed by atoms with van der Waals surface area (Å²) in [5, 5.41) is 16.1. The van der Waals surface area contributed by atoms with Gasteiger partial charge < -0.3 is 20.1 Å². The highest BCUT2D eigenvalue weighted by molar-refractivity contribution is 5.90. The van der Waals surface area contributed by atoms with E-state index in [2.05, 4.69) is 10.6 Å². The number of hydrogen-bond acceptors (Lipinski definition) is 7. The van der Waals surface area contributed by atoms with E-state index in [9.17, 15) is 28.9 Å². The second kappa shape index (κ2) is 11.6. The van der Waals surface area contributed by atoms with Crippen LogP contribution in [0.15, 0.2) is 42.5 Å². The number of carbonyl (C=O) groups excluding carboxylic acids is 3. The summed E-state index contributed by atoms with van der Waals surface area (Å²) in [5.41, 5.74) is 0.533. The first-order valence-corrected chi connectivity index (χ1v) is 9.85. The third kappa shape index (κ3) is 7.27. The molecule has 2 amide bonds. The molecule has 0 aromatic heterocycles. The zero-order valence-corrected chi connectivity index (χ0v) is 18.3. The van der Waals surface area contributed by atoms with Crippen LogP contribution in [0.3, 0.4) is 0 Å². The summed E-state index contributed by atoms with van der Waals surface area (Å²) in [7, 11) is 2.49. The average Bonchev–Trinajstić information content (AvgIpc) is 2.77. The van der Waals surface area contributed by atoms with E-state index in [-0.39, 0.29) is 24.3 Å². The molecule has 0 spiro atoms. The number of nitro benzene ring substituents is 1. The van der Waals surface area contributed by atoms with Crippen LogP contribution in [0.1, 0.15) is 18.1 Å². The Hall–Kier alpha value is -4.02. The van der Waals surface area contributed by atoms with Crippen LogP contribution in [0, 0.1) is 15.9 Å². The van der Waals surface area contributed by atoms with E-state index in [0.29, 0.717) is 11.1 Å². The molecule has 0 aliphatic heterocycles. The van der Waals surface area contributed by atoms with Crippen molar-refractivity contribution in [1.29, 1.82) is 0 Å². The van der Waals surface area contributed by atoms with Crippen molar-refractivity contribution in [3.63, 3.8) is 0 Å². The minimum atomic E-state index is -1.23. The lowest BCUT2D eigenvalue weighted by Gasteiger charge is -2.22. The zero-order chi connectivity index (χ0) is 24.5. The monoisotopic (exact) mass is 461 g/mol. The van der Waals surface area contributed by atoms with E-state index < -0.39 is 40.6 Å². The van der Waals surface area contributed by atoms with E-state index in [4.69, 9.17) is 9.47 Å². The molecule has 33 heavy (non-hydrogen) atoms. The predicted molar refractivity (Wildman–Crippen MR) is 115 cm³/mol. The van der Waals surface area contributed by atoms with Gasteiger partial charge in [-0.05, 0) is 23.8 Å². The molecule has 2 aromatic carbocycles. The molecule has 2 rings (SSSR count). The first-order valence-electron chi connectivity index (χ1n) is 9.85. The zero-order valence-electron chi connectivity index (χ0n) is 18.3. The Morgan fingerprint density at radius 3 is 2.36 bits per heavy atom. The molecule has 0 heterocycles. The fourth-order valence-electron chi connectivity index (χ4n) is 3.22. The third-order valence-corrected chi connectivity index (χ3v) is 4.72. The number of nitrogens with zero attached hydrogens (tertiary/aromatic N) is 1. The number of carbonyl (C=O) groups is 3. The van der Waals surface area contributed by atoms with Crippen molar-refractivity contribution < 1.29 is 33.2 Å². The topological polar surface area (TPSA) is 137 Å². The molecule has 10 nitrogen and oxygen atoms in total. The lowest BCUT2D eigenvalue weighted by Crippen LogP contribution is -2.53. The maximum atomic E-state index is 13.5. The van der Waals surface area contributed by atoms with Crippen LogP contribution in [0.25, 0.3) is 0 Å². The molecular weight excluding hydrogens is 437 g/mol. The van der Waals surface area contributed by atoms with Gasteiger partial charge in [0.05, 0.1) is 19.1 Å². The maximum absolute atomic E-state index is 13.5. The smallest absolute Gasteiger partial charge is 0.328 e. The van der Waals surface area contributed by atoms with Crippen molar-refractivity contribution in [2.24, 2.45) is 0 Å². The van der Waals surface area contributed by atoms with Gasteiger partial charge in [-0.25, -0.2) is 9.18 Å². The molecule has 0 bridgehead atoms. The molecule has 0 saturated heterocycles. The second-order valence-corrected chi connectivity index (χ2v) is 7.13. The fourth-order valence-corrected chi connectivity index (χ4v) is 3.22. The van der Waals surface area contributed by atoms with Crippen LogP contribution in [0.5, 0.6) is 5.75 Å². The Bertz CT molecular complexity index is 1040. The molecule has 11 heteroatoms. The Kier molecular flexibility index (Phi) is 8.84. The van der Waals surface area contributed by atoms with Gasteiger partial charge in [0.2, 0.25) is 11.8 Å². The van der Waals surface area contributed by atoms with Crippen LogP contribution in [-0.4, -0.2) is 49.0 Å². The van der Waals surface area contributed by atoms with E-state index in [1.807, 2.05) is 0 Å². The van der Waals surface area contributed by atoms with Crippen LogP contribution < -0.4 is 15.4 Å². The molecule has 176 valence electrons. The van der Waals surface area contributed by atoms with Gasteiger partial charge in [-0.1, -0.05) is 12.1 Å². The summed E-state index contributed by atoms with van der Waals surface area (Å²) in [5.74, 6) is -2.23. The van der Waals surface area contributed by atoms with E-state index in [1.165, 1.54) is 50.4 Å². The number of amides is 2. The summed E-state index contributed by atoms with van der Waals surface area (Å²) < 4.78 is 23.5. The van der Waals surface area contributed by atoms with Crippen molar-refractivity contribution in [2.75, 3.05) is 14.2 Å². The van der Waals surface area contributed by atoms with Gasteiger partial charge in [0, 0.05) is 37.5 Å². The van der Waals surface area contributed by atoms with Gasteiger partial charge in [0.25, 0.3) is 5.69 Å². The third-order valence-electron chi connectivity index (χ3n) is 4.72. The Balaban J connectivity index is 2.29. The first-order chi connectivity index (χ1) is 15.6. The number of rotatable bonds is 10. The molecule has 0 aliphatic rings. The quantitative estimate of drug-likeness (QED) is 0.312. The molecule has 2 aromatic rings. The Morgan fingerprint density at radius 2 is 1.79 bits per heavy atom. The molecule has 0 radical (unpaired) electrons. The van der Waals surface area contributed by atoms with Gasteiger partial charge in [-0.3, -0.25) is 19.7 Å². The first kappa shape index (κ1) is 25.2. The number of benzene rings is 2. The van der Waals surface area contributed by atoms with Crippen molar-refractivity contribution >= 4 is 23.5 Å². The molecule has 2 atom stereocenters. The summed E-state index contributed by atoms with van der Waals surface area (Å²) >= 11 is 0. The number of nitrogens with one attached hydrogen (secondary N) is 2. The summed E-state index contributed by atoms with van der Waals surface area (Å²) in [6, 6.07) is 7.07. The van der Waals surface area contributed by atoms with E-state index in [1.54, 1.807) is 6.07 Å². The molecule has 2 N–H and O–H groups in total. The van der Waals surface area contributed by atoms with Crippen molar-refractivity contribution in [1.82, 2.24) is 10.6 Å². The van der Waals surface area contributed by atoms with Crippen LogP contribution in [0.4, 0.5) is 10.1 Å². The highest BCUT2D eigenvalue weighted by Crippen LogP contribution is 2.25. The molecule has 0 fully saturated rings. The predicted octanol–water partition coefficient (Wildman–Crippen LogP) is 1.69. The van der Waals surface area contributed by atoms with Gasteiger partial charge >= 0.3 is 5.97 Å². The Morgan fingerprint density at radius 1 is 1.06 bits per heavy atom. The van der Waals surface area contributed by atoms with Crippen molar-refractivity contribution in [3.8, 4) is 5.75 Å². The summed E-state index contributed by atoms with van der Waals surface area (Å²) in [4.78, 5) is 47.5. The van der Waals surface area contributed by atoms with Crippen LogP contribution in [0.2, 0.25) is 0 Å². The number of hydrogen-bond donors (Lipinski definition) is 2. The standard InChI is InChI=1S/C22H24FN3O7/c1-13(27)24-18(10-14-5-4-6-16(23)9-14)21(28)25-19(22(29)33-3)12-15-11-17(26(30)31)7-8-20(15)32-2/h4-9,11,18-19H,10,12H2,1-3H3,(H,24,27)(H,25,28)/t18-,19+/m1/s1. The number of esters is 1. The van der Waals surface area contributed by atoms with Crippen molar-refractivity contribution in [2.45, 2.75) is 31.8 Å². The fraction of sp³-hybridized carbons (Fsp3) is 0.318. The largest absolute Gasteiger partial charge is 0.496 e. The van der Waals surface area contributed by atoms with Gasteiger partial charge in [0.15, 0.2) is 0 Å². The van der Waals surface area contributed by atoms with E-state index in [0.717, 1.165) is 7.11 Å². The van der Waals surface area contributed by atoms with Gasteiger partial charge in [-0.2, -0.15) is 0 Å². The second-order valence-electron chi connectivity index (χ2n) is 7.13. The molecular formula is C22H24FN3O7. The number of methoxy groups -OCH3 is 2. The number of non-ortho nitro benzene ring substituents is 1. The average molecular weight is 461 g/mol. The number of nitro groups is 1. The Labute approximate surface area is 189 Å². The minimum absolute atomic E-state index is 0.0306. The molecule has 0 unspecified atom stereocenters. The highest BCUT2D eigenvalue weighted by atomic mass is 19.1. The lowest BCUT2D eigenvalue weighted by atomic mass is 10.0. The lowest BCUT2D eigenvalue weighted by molar-refractivity contribution is -0.384. The van der Waals surface area contributed by atoms with Crippen LogP contribution in [-0.2, 0) is 32.0 Å². The summed E-state index contributed by atoms with van der Waals surface area (Å²) in [6.45, 7) is 1.22. The SMILES string of the molecule is COC(=O)[C@H](Cc1cc([N+](=O)[O-])ccc1OC)NC(=O)[C@@H](Cc1cccc(F)c1)NC(C)=O. The summed E-state index contributed by atoms with van der Waals surface area (Å²) in [6.07, 6.45) is -0.201. The highest BCUT2D eigenvalue weighted by Gasteiger charge is 2.28. The molecule has 0 aliphatic carbocycles. The number of halogens is 1. The number of ether oxygens (including phenoxy) is 2. The normalized spacial score (nSPS) is 12.2. The maximum Gasteiger partial charge on any atom is 0.328 e. The van der Waals surface area contributed by atoms with Gasteiger partial charge in [0.1, 0.15) is 23.7 Å².